The highest BCUT2D eigenvalue weighted by molar-refractivity contribution is 5.96. The van der Waals surface area contributed by atoms with E-state index in [1.54, 1.807) is 6.08 Å². The van der Waals surface area contributed by atoms with E-state index in [1.165, 1.54) is 6.92 Å². The Morgan fingerprint density at radius 2 is 1.93 bits per heavy atom. The van der Waals surface area contributed by atoms with Crippen molar-refractivity contribution in [1.82, 2.24) is 10.6 Å². The van der Waals surface area contributed by atoms with Gasteiger partial charge in [0, 0.05) is 18.5 Å². The van der Waals surface area contributed by atoms with Crippen LogP contribution in [-0.4, -0.2) is 53.2 Å². The van der Waals surface area contributed by atoms with Crippen LogP contribution in [0.1, 0.15) is 66.2 Å². The Balaban J connectivity index is 3.02. The Bertz CT molecular complexity index is 574. The van der Waals surface area contributed by atoms with Crippen LogP contribution in [0.3, 0.4) is 0 Å². The number of carboxylic acids is 1. The molecule has 0 radical (unpaired) electrons. The normalized spacial score (nSPS) is 23.1. The van der Waals surface area contributed by atoms with Gasteiger partial charge in [0.2, 0.25) is 11.8 Å². The molecule has 160 valence electrons. The second-order valence-electron chi connectivity index (χ2n) is 7.33. The van der Waals surface area contributed by atoms with Gasteiger partial charge < -0.3 is 26.2 Å². The molecule has 0 aromatic heterocycles. The highest BCUT2D eigenvalue weighted by Gasteiger charge is 2.36. The van der Waals surface area contributed by atoms with Gasteiger partial charge in [-0.05, 0) is 31.8 Å². The zero-order valence-corrected chi connectivity index (χ0v) is 17.4. The van der Waals surface area contributed by atoms with Crippen LogP contribution in [0, 0.1) is 0 Å². The lowest BCUT2D eigenvalue weighted by Crippen LogP contribution is -2.57. The predicted octanol–water partition coefficient (Wildman–Crippen LogP) is 1.48. The maximum absolute atomic E-state index is 12.7. The van der Waals surface area contributed by atoms with Crippen LogP contribution in [0.15, 0.2) is 11.6 Å². The number of rotatable bonds is 11. The first-order chi connectivity index (χ1) is 13.2. The fraction of sp³-hybridized carbons (Fsp3) is 0.750. The summed E-state index contributed by atoms with van der Waals surface area (Å²) in [7, 11) is 0. The SMILES string of the molecule is CCCC[C@@H](NC(=O)C1=C[C@@H](OC(CC)CC)[C@H](NC(C)=O)[C@@H](N)C1)C(=O)O. The Kier molecular flexibility index (Phi) is 10.2. The Morgan fingerprint density at radius 3 is 2.43 bits per heavy atom. The second kappa shape index (κ2) is 11.8. The minimum absolute atomic E-state index is 0.0246. The molecule has 0 heterocycles. The van der Waals surface area contributed by atoms with Crippen molar-refractivity contribution in [3.05, 3.63) is 11.6 Å². The van der Waals surface area contributed by atoms with Gasteiger partial charge >= 0.3 is 5.97 Å². The summed E-state index contributed by atoms with van der Waals surface area (Å²) in [6.45, 7) is 7.39. The van der Waals surface area contributed by atoms with E-state index in [4.69, 9.17) is 10.5 Å². The first-order valence-corrected chi connectivity index (χ1v) is 10.2. The summed E-state index contributed by atoms with van der Waals surface area (Å²) in [6, 6.07) is -1.88. The van der Waals surface area contributed by atoms with Crippen molar-refractivity contribution in [2.45, 2.75) is 96.6 Å². The number of amides is 2. The molecule has 1 aliphatic carbocycles. The first kappa shape index (κ1) is 24.1. The summed E-state index contributed by atoms with van der Waals surface area (Å²) in [5.74, 6) is -1.72. The van der Waals surface area contributed by atoms with Gasteiger partial charge in [0.15, 0.2) is 0 Å². The number of carbonyl (C=O) groups is 3. The number of aliphatic carboxylic acids is 1. The second-order valence-corrected chi connectivity index (χ2v) is 7.33. The molecule has 0 aromatic carbocycles. The maximum Gasteiger partial charge on any atom is 0.326 e. The first-order valence-electron chi connectivity index (χ1n) is 10.2. The largest absolute Gasteiger partial charge is 0.480 e. The lowest BCUT2D eigenvalue weighted by atomic mass is 9.87. The van der Waals surface area contributed by atoms with E-state index in [0.717, 1.165) is 19.3 Å². The van der Waals surface area contributed by atoms with E-state index < -0.39 is 36.1 Å². The maximum atomic E-state index is 12.7. The minimum atomic E-state index is -1.05. The number of carbonyl (C=O) groups excluding carboxylic acids is 2. The Labute approximate surface area is 167 Å². The van der Waals surface area contributed by atoms with Crippen LogP contribution in [-0.2, 0) is 19.1 Å². The smallest absolute Gasteiger partial charge is 0.326 e. The highest BCUT2D eigenvalue weighted by Crippen LogP contribution is 2.23. The molecule has 5 N–H and O–H groups in total. The Hall–Kier alpha value is -1.93. The molecule has 0 bridgehead atoms. The number of carboxylic acid groups (broad SMARTS) is 1. The average molecular weight is 398 g/mol. The van der Waals surface area contributed by atoms with Gasteiger partial charge in [0.05, 0.1) is 18.2 Å². The molecule has 4 atom stereocenters. The summed E-state index contributed by atoms with van der Waals surface area (Å²) < 4.78 is 6.10. The summed E-state index contributed by atoms with van der Waals surface area (Å²) >= 11 is 0. The number of ether oxygens (including phenoxy) is 1. The van der Waals surface area contributed by atoms with Crippen LogP contribution in [0.4, 0.5) is 0 Å². The van der Waals surface area contributed by atoms with Gasteiger partial charge in [-0.1, -0.05) is 33.6 Å². The van der Waals surface area contributed by atoms with Crippen LogP contribution in [0.5, 0.6) is 0 Å². The van der Waals surface area contributed by atoms with Crippen molar-refractivity contribution in [1.29, 1.82) is 0 Å². The van der Waals surface area contributed by atoms with Gasteiger partial charge in [-0.15, -0.1) is 0 Å². The number of hydrogen-bond acceptors (Lipinski definition) is 5. The molecule has 8 nitrogen and oxygen atoms in total. The molecule has 8 heteroatoms. The molecule has 0 saturated carbocycles. The lowest BCUT2D eigenvalue weighted by molar-refractivity contribution is -0.141. The number of unbranched alkanes of at least 4 members (excludes halogenated alkanes) is 1. The third-order valence-corrected chi connectivity index (χ3v) is 5.01. The van der Waals surface area contributed by atoms with E-state index in [1.807, 2.05) is 20.8 Å². The molecule has 1 aliphatic rings. The van der Waals surface area contributed by atoms with Crippen LogP contribution in [0.2, 0.25) is 0 Å². The summed E-state index contributed by atoms with van der Waals surface area (Å²) in [6.07, 6.45) is 4.86. The lowest BCUT2D eigenvalue weighted by Gasteiger charge is -2.37. The van der Waals surface area contributed by atoms with E-state index in [2.05, 4.69) is 10.6 Å². The van der Waals surface area contributed by atoms with Gasteiger partial charge in [0.25, 0.3) is 0 Å². The molecule has 0 unspecified atom stereocenters. The zero-order chi connectivity index (χ0) is 21.3. The van der Waals surface area contributed by atoms with Crippen LogP contribution in [0.25, 0.3) is 0 Å². The molecule has 2 amide bonds. The minimum Gasteiger partial charge on any atom is -0.480 e. The fourth-order valence-electron chi connectivity index (χ4n) is 3.33. The van der Waals surface area contributed by atoms with Crippen LogP contribution < -0.4 is 16.4 Å². The topological polar surface area (TPSA) is 131 Å². The van der Waals surface area contributed by atoms with Crippen molar-refractivity contribution >= 4 is 17.8 Å². The standard InChI is InChI=1S/C20H35N3O5/c1-5-8-9-16(20(26)27)23-19(25)13-10-15(21)18(22-12(4)24)17(11-13)28-14(6-2)7-3/h11,14-18H,5-10,21H2,1-4H3,(H,22,24)(H,23,25)(H,26,27)/t15-,16+,17+,18+/m0/s1. The number of hydrogen-bond donors (Lipinski definition) is 4. The number of nitrogens with two attached hydrogens (primary N) is 1. The van der Waals surface area contributed by atoms with E-state index in [9.17, 15) is 19.5 Å². The molecular formula is C20H35N3O5. The van der Waals surface area contributed by atoms with Crippen molar-refractivity contribution in [2.75, 3.05) is 0 Å². The van der Waals surface area contributed by atoms with Gasteiger partial charge in [-0.25, -0.2) is 4.79 Å². The molecular weight excluding hydrogens is 362 g/mol. The third kappa shape index (κ3) is 7.24. The molecule has 0 spiro atoms. The van der Waals surface area contributed by atoms with Crippen molar-refractivity contribution in [3.63, 3.8) is 0 Å². The molecule has 0 fully saturated rings. The van der Waals surface area contributed by atoms with Crippen molar-refractivity contribution in [3.8, 4) is 0 Å². The predicted molar refractivity (Wildman–Crippen MR) is 107 cm³/mol. The molecule has 0 aliphatic heterocycles. The Morgan fingerprint density at radius 1 is 1.29 bits per heavy atom. The van der Waals surface area contributed by atoms with Crippen LogP contribution >= 0.6 is 0 Å². The molecule has 1 rings (SSSR count). The van der Waals surface area contributed by atoms with E-state index in [0.29, 0.717) is 18.4 Å². The van der Waals surface area contributed by atoms with Crippen molar-refractivity contribution in [2.24, 2.45) is 5.73 Å². The monoisotopic (exact) mass is 397 g/mol. The summed E-state index contributed by atoms with van der Waals surface area (Å²) in [4.78, 5) is 35.7. The third-order valence-electron chi connectivity index (χ3n) is 5.01. The molecule has 0 saturated heterocycles. The number of nitrogens with one attached hydrogen (secondary N) is 2. The van der Waals surface area contributed by atoms with Gasteiger partial charge in [-0.3, -0.25) is 9.59 Å². The van der Waals surface area contributed by atoms with Gasteiger partial charge in [0.1, 0.15) is 6.04 Å². The van der Waals surface area contributed by atoms with E-state index >= 15 is 0 Å². The molecule has 0 aromatic rings. The fourth-order valence-corrected chi connectivity index (χ4v) is 3.33. The zero-order valence-electron chi connectivity index (χ0n) is 17.4. The summed E-state index contributed by atoms with van der Waals surface area (Å²) in [5, 5.41) is 14.8. The molecule has 28 heavy (non-hydrogen) atoms. The average Bonchev–Trinajstić information content (AvgIpc) is 2.64. The van der Waals surface area contributed by atoms with Crippen molar-refractivity contribution < 1.29 is 24.2 Å². The highest BCUT2D eigenvalue weighted by atomic mass is 16.5. The van der Waals surface area contributed by atoms with Gasteiger partial charge in [-0.2, -0.15) is 0 Å². The van der Waals surface area contributed by atoms with E-state index in [-0.39, 0.29) is 18.4 Å². The summed E-state index contributed by atoms with van der Waals surface area (Å²) in [5.41, 5.74) is 6.64. The quantitative estimate of drug-likeness (QED) is 0.418.